The van der Waals surface area contributed by atoms with Crippen molar-refractivity contribution in [2.45, 2.75) is 6.92 Å². The van der Waals surface area contributed by atoms with E-state index >= 15 is 0 Å². The normalized spacial score (nSPS) is 10.2. The van der Waals surface area contributed by atoms with Crippen molar-refractivity contribution >= 4 is 23.1 Å². The Morgan fingerprint density at radius 1 is 0.958 bits per heavy atom. The van der Waals surface area contributed by atoms with Crippen LogP contribution in [0.4, 0.5) is 21.6 Å². The van der Waals surface area contributed by atoms with Crippen LogP contribution < -0.4 is 10.6 Å². The van der Waals surface area contributed by atoms with Gasteiger partial charge >= 0.3 is 0 Å². The van der Waals surface area contributed by atoms with Gasteiger partial charge < -0.3 is 10.6 Å². The van der Waals surface area contributed by atoms with E-state index in [9.17, 15) is 9.18 Å². The van der Waals surface area contributed by atoms with Crippen molar-refractivity contribution in [3.8, 4) is 0 Å². The van der Waals surface area contributed by atoms with Gasteiger partial charge in [0.05, 0.1) is 0 Å². The standard InChI is InChI=1S/C18H15FN4O/c1-12-4-2-6-14(10-12)21-18(24)16-8-9-17(23-22-16)20-15-7-3-5-13(19)11-15/h2-11H,1H3,(H,20,23)(H,21,24). The molecule has 0 aliphatic rings. The highest BCUT2D eigenvalue weighted by molar-refractivity contribution is 6.02. The van der Waals surface area contributed by atoms with Crippen LogP contribution in [0.5, 0.6) is 0 Å². The molecule has 0 saturated carbocycles. The second-order valence-electron chi connectivity index (χ2n) is 5.26. The summed E-state index contributed by atoms with van der Waals surface area (Å²) in [7, 11) is 0. The summed E-state index contributed by atoms with van der Waals surface area (Å²) in [6, 6.07) is 16.7. The minimum absolute atomic E-state index is 0.196. The van der Waals surface area contributed by atoms with Gasteiger partial charge in [-0.1, -0.05) is 18.2 Å². The number of carbonyl (C=O) groups excluding carboxylic acids is 1. The van der Waals surface area contributed by atoms with E-state index in [1.165, 1.54) is 12.1 Å². The van der Waals surface area contributed by atoms with Gasteiger partial charge in [-0.2, -0.15) is 0 Å². The van der Waals surface area contributed by atoms with Gasteiger partial charge in [-0.25, -0.2) is 4.39 Å². The number of aromatic nitrogens is 2. The summed E-state index contributed by atoms with van der Waals surface area (Å²) >= 11 is 0. The highest BCUT2D eigenvalue weighted by Gasteiger charge is 2.09. The summed E-state index contributed by atoms with van der Waals surface area (Å²) in [5.74, 6) is -0.264. The molecule has 2 N–H and O–H groups in total. The third-order valence-electron chi connectivity index (χ3n) is 3.27. The largest absolute Gasteiger partial charge is 0.339 e. The Labute approximate surface area is 138 Å². The summed E-state index contributed by atoms with van der Waals surface area (Å²) in [5.41, 5.74) is 2.50. The first-order chi connectivity index (χ1) is 11.6. The van der Waals surface area contributed by atoms with Crippen LogP contribution >= 0.6 is 0 Å². The van der Waals surface area contributed by atoms with Crippen LogP contribution in [0.3, 0.4) is 0 Å². The first-order valence-electron chi connectivity index (χ1n) is 7.34. The fourth-order valence-corrected chi connectivity index (χ4v) is 2.15. The van der Waals surface area contributed by atoms with Crippen LogP contribution in [0.25, 0.3) is 0 Å². The quantitative estimate of drug-likeness (QED) is 0.764. The van der Waals surface area contributed by atoms with E-state index in [-0.39, 0.29) is 17.4 Å². The monoisotopic (exact) mass is 322 g/mol. The van der Waals surface area contributed by atoms with Gasteiger partial charge in [-0.05, 0) is 55.0 Å². The molecule has 6 heteroatoms. The van der Waals surface area contributed by atoms with E-state index < -0.39 is 0 Å². The van der Waals surface area contributed by atoms with Crippen LogP contribution in [0, 0.1) is 12.7 Å². The lowest BCUT2D eigenvalue weighted by Crippen LogP contribution is -2.14. The Hall–Kier alpha value is -3.28. The SMILES string of the molecule is Cc1cccc(NC(=O)c2ccc(Nc3cccc(F)c3)nn2)c1. The number of hydrogen-bond donors (Lipinski definition) is 2. The maximum absolute atomic E-state index is 13.1. The maximum Gasteiger partial charge on any atom is 0.276 e. The second kappa shape index (κ2) is 6.87. The van der Waals surface area contributed by atoms with Crippen molar-refractivity contribution < 1.29 is 9.18 Å². The molecule has 24 heavy (non-hydrogen) atoms. The van der Waals surface area contributed by atoms with E-state index in [4.69, 9.17) is 0 Å². The molecule has 3 rings (SSSR count). The Kier molecular flexibility index (Phi) is 4.47. The van der Waals surface area contributed by atoms with Crippen molar-refractivity contribution in [1.82, 2.24) is 10.2 Å². The Morgan fingerprint density at radius 3 is 2.46 bits per heavy atom. The van der Waals surface area contributed by atoms with Crippen LogP contribution in [0.1, 0.15) is 16.1 Å². The fourth-order valence-electron chi connectivity index (χ4n) is 2.15. The van der Waals surface area contributed by atoms with Crippen molar-refractivity contribution in [2.75, 3.05) is 10.6 Å². The molecule has 1 heterocycles. The third-order valence-corrected chi connectivity index (χ3v) is 3.27. The topological polar surface area (TPSA) is 66.9 Å². The van der Waals surface area contributed by atoms with Crippen LogP contribution in [-0.4, -0.2) is 16.1 Å². The molecule has 3 aromatic rings. The molecule has 1 amide bonds. The third kappa shape index (κ3) is 3.92. The number of benzene rings is 2. The summed E-state index contributed by atoms with van der Waals surface area (Å²) < 4.78 is 13.1. The number of nitrogens with one attached hydrogen (secondary N) is 2. The molecule has 5 nitrogen and oxygen atoms in total. The zero-order valence-electron chi connectivity index (χ0n) is 13.0. The van der Waals surface area contributed by atoms with Gasteiger partial charge in [-0.15, -0.1) is 10.2 Å². The fraction of sp³-hybridized carbons (Fsp3) is 0.0556. The van der Waals surface area contributed by atoms with E-state index in [0.29, 0.717) is 17.2 Å². The Balaban J connectivity index is 1.68. The predicted molar refractivity (Wildman–Crippen MR) is 90.8 cm³/mol. The first-order valence-corrected chi connectivity index (χ1v) is 7.34. The predicted octanol–water partition coefficient (Wildman–Crippen LogP) is 3.92. The number of anilines is 3. The van der Waals surface area contributed by atoms with Gasteiger partial charge in [0.25, 0.3) is 5.91 Å². The molecule has 0 bridgehead atoms. The van der Waals surface area contributed by atoms with Gasteiger partial charge in [0.15, 0.2) is 11.5 Å². The molecule has 0 spiro atoms. The lowest BCUT2D eigenvalue weighted by molar-refractivity contribution is 0.102. The number of rotatable bonds is 4. The van der Waals surface area contributed by atoms with Gasteiger partial charge in [-0.3, -0.25) is 4.79 Å². The molecule has 0 atom stereocenters. The second-order valence-corrected chi connectivity index (χ2v) is 5.26. The molecule has 2 aromatic carbocycles. The highest BCUT2D eigenvalue weighted by atomic mass is 19.1. The molecule has 0 saturated heterocycles. The molecular weight excluding hydrogens is 307 g/mol. The average Bonchev–Trinajstić information content (AvgIpc) is 2.55. The van der Waals surface area contributed by atoms with Crippen molar-refractivity contribution in [3.63, 3.8) is 0 Å². The molecule has 0 radical (unpaired) electrons. The van der Waals surface area contributed by atoms with Crippen LogP contribution in [0.15, 0.2) is 60.7 Å². The van der Waals surface area contributed by atoms with Crippen molar-refractivity contribution in [3.05, 3.63) is 77.7 Å². The number of halogens is 1. The summed E-state index contributed by atoms with van der Waals surface area (Å²) in [6.07, 6.45) is 0. The van der Waals surface area contributed by atoms with Crippen molar-refractivity contribution in [2.24, 2.45) is 0 Å². The van der Waals surface area contributed by atoms with Gasteiger partial charge in [0, 0.05) is 11.4 Å². The molecule has 120 valence electrons. The van der Waals surface area contributed by atoms with Crippen molar-refractivity contribution in [1.29, 1.82) is 0 Å². The maximum atomic E-state index is 13.1. The summed E-state index contributed by atoms with van der Waals surface area (Å²) in [6.45, 7) is 1.95. The van der Waals surface area contributed by atoms with E-state index in [1.807, 2.05) is 25.1 Å². The smallest absolute Gasteiger partial charge is 0.276 e. The van der Waals surface area contributed by atoms with E-state index in [0.717, 1.165) is 5.56 Å². The lowest BCUT2D eigenvalue weighted by Gasteiger charge is -2.07. The zero-order valence-corrected chi connectivity index (χ0v) is 13.0. The number of carbonyl (C=O) groups is 1. The molecule has 0 aliphatic heterocycles. The number of nitrogens with zero attached hydrogens (tertiary/aromatic N) is 2. The minimum atomic E-state index is -0.345. The number of hydrogen-bond acceptors (Lipinski definition) is 4. The van der Waals surface area contributed by atoms with E-state index in [1.54, 1.807) is 30.3 Å². The number of amides is 1. The van der Waals surface area contributed by atoms with Crippen LogP contribution in [0.2, 0.25) is 0 Å². The highest BCUT2D eigenvalue weighted by Crippen LogP contribution is 2.15. The summed E-state index contributed by atoms with van der Waals surface area (Å²) in [5, 5.41) is 13.5. The molecule has 0 fully saturated rings. The van der Waals surface area contributed by atoms with Gasteiger partial charge in [0.2, 0.25) is 0 Å². The Bertz CT molecular complexity index is 865. The lowest BCUT2D eigenvalue weighted by atomic mass is 10.2. The first kappa shape index (κ1) is 15.6. The number of aryl methyl sites for hydroxylation is 1. The molecule has 0 unspecified atom stereocenters. The molecule has 1 aromatic heterocycles. The minimum Gasteiger partial charge on any atom is -0.339 e. The van der Waals surface area contributed by atoms with Gasteiger partial charge in [0.1, 0.15) is 5.82 Å². The van der Waals surface area contributed by atoms with E-state index in [2.05, 4.69) is 20.8 Å². The Morgan fingerprint density at radius 2 is 1.75 bits per heavy atom. The molecule has 0 aliphatic carbocycles. The summed E-state index contributed by atoms with van der Waals surface area (Å²) in [4.78, 5) is 12.2. The average molecular weight is 322 g/mol. The van der Waals surface area contributed by atoms with Crippen LogP contribution in [-0.2, 0) is 0 Å². The molecular formula is C18H15FN4O. The zero-order chi connectivity index (χ0) is 16.9.